The molecule has 1 aromatic heterocycles. The van der Waals surface area contributed by atoms with Gasteiger partial charge in [0.05, 0.1) is 0 Å². The van der Waals surface area contributed by atoms with Crippen LogP contribution in [0.4, 0.5) is 0 Å². The van der Waals surface area contributed by atoms with Crippen LogP contribution in [0.2, 0.25) is 0 Å². The predicted molar refractivity (Wildman–Crippen MR) is 31.8 cm³/mol. The van der Waals surface area contributed by atoms with Crippen LogP contribution in [0.15, 0.2) is 11.6 Å². The van der Waals surface area contributed by atoms with Gasteiger partial charge in [0.2, 0.25) is 0 Å². The lowest BCUT2D eigenvalue weighted by Crippen LogP contribution is -1.87. The molecule has 1 heterocycles. The smallest absolute Gasteiger partial charge is 0.191 e. The number of rotatable bonds is 1. The molecule has 41 valence electrons. The molecule has 1 radical (unpaired) electrons. The van der Waals surface area contributed by atoms with Crippen LogP contribution >= 0.6 is 11.3 Å². The summed E-state index contributed by atoms with van der Waals surface area (Å²) < 4.78 is 0. The van der Waals surface area contributed by atoms with Crippen molar-refractivity contribution in [2.75, 3.05) is 0 Å². The molecule has 0 amide bonds. The zero-order valence-corrected chi connectivity index (χ0v) is 4.94. The van der Waals surface area contributed by atoms with Gasteiger partial charge in [0.15, 0.2) is 10.8 Å². The Hall–Kier alpha value is -0.700. The summed E-state index contributed by atoms with van der Waals surface area (Å²) in [7, 11) is 0. The van der Waals surface area contributed by atoms with E-state index in [0.29, 0.717) is 5.01 Å². The third kappa shape index (κ3) is 0.924. The van der Waals surface area contributed by atoms with Crippen LogP contribution in [0.1, 0.15) is 9.80 Å². The lowest BCUT2D eigenvalue weighted by molar-refractivity contribution is 0.104. The monoisotopic (exact) mass is 126 g/mol. The van der Waals surface area contributed by atoms with Crippen molar-refractivity contribution in [2.24, 2.45) is 0 Å². The normalized spacial score (nSPS) is 9.12. The van der Waals surface area contributed by atoms with Gasteiger partial charge in [-0.05, 0) is 0 Å². The first-order chi connectivity index (χ1) is 3.80. The number of hydrogen-bond donors (Lipinski definition) is 0. The highest BCUT2D eigenvalue weighted by Gasteiger charge is 1.97. The van der Waals surface area contributed by atoms with E-state index in [2.05, 4.69) is 11.9 Å². The first-order valence-corrected chi connectivity index (χ1v) is 2.94. The molecule has 0 aliphatic rings. The van der Waals surface area contributed by atoms with Gasteiger partial charge < -0.3 is 0 Å². The number of thiazole rings is 1. The van der Waals surface area contributed by atoms with E-state index < -0.39 is 0 Å². The average Bonchev–Trinajstić information content (AvgIpc) is 2.12. The summed E-state index contributed by atoms with van der Waals surface area (Å²) in [6.45, 7) is 3.19. The SMILES string of the molecule is [CH2]C(=O)c1nccs1. The molecule has 1 rings (SSSR count). The zero-order valence-electron chi connectivity index (χ0n) is 4.13. The quantitative estimate of drug-likeness (QED) is 0.528. The zero-order chi connectivity index (χ0) is 5.98. The Balaban J connectivity index is 2.93. The molecule has 3 heteroatoms. The Labute approximate surface area is 51.2 Å². The average molecular weight is 126 g/mol. The summed E-state index contributed by atoms with van der Waals surface area (Å²) in [4.78, 5) is 14.1. The van der Waals surface area contributed by atoms with Gasteiger partial charge in [-0.2, -0.15) is 0 Å². The fourth-order valence-corrected chi connectivity index (χ4v) is 0.865. The molecule has 0 fully saturated rings. The van der Waals surface area contributed by atoms with Gasteiger partial charge in [0.1, 0.15) is 0 Å². The second-order valence-electron chi connectivity index (χ2n) is 1.26. The summed E-state index contributed by atoms with van der Waals surface area (Å²) in [6.07, 6.45) is 1.59. The van der Waals surface area contributed by atoms with E-state index in [-0.39, 0.29) is 5.78 Å². The van der Waals surface area contributed by atoms with Gasteiger partial charge in [-0.1, -0.05) is 0 Å². The first kappa shape index (κ1) is 5.44. The molecule has 0 atom stereocenters. The van der Waals surface area contributed by atoms with Crippen molar-refractivity contribution < 1.29 is 4.79 Å². The summed E-state index contributed by atoms with van der Waals surface area (Å²) >= 11 is 1.31. The number of ketones is 1. The fourth-order valence-electron chi connectivity index (χ4n) is 0.361. The van der Waals surface area contributed by atoms with Crippen LogP contribution < -0.4 is 0 Å². The largest absolute Gasteiger partial charge is 0.292 e. The van der Waals surface area contributed by atoms with E-state index in [0.717, 1.165) is 0 Å². The standard InChI is InChI=1S/C5H4NOS/c1-4(7)5-6-2-3-8-5/h2-3H,1H2. The van der Waals surface area contributed by atoms with Crippen LogP contribution in [0.3, 0.4) is 0 Å². The van der Waals surface area contributed by atoms with E-state index in [1.807, 2.05) is 0 Å². The topological polar surface area (TPSA) is 30.0 Å². The van der Waals surface area contributed by atoms with Crippen LogP contribution in [0.25, 0.3) is 0 Å². The van der Waals surface area contributed by atoms with Gasteiger partial charge in [-0.15, -0.1) is 11.3 Å². The van der Waals surface area contributed by atoms with E-state index in [1.165, 1.54) is 11.3 Å². The lowest BCUT2D eigenvalue weighted by Gasteiger charge is -1.77. The molecule has 8 heavy (non-hydrogen) atoms. The third-order valence-electron chi connectivity index (χ3n) is 0.671. The molecule has 2 nitrogen and oxygen atoms in total. The minimum atomic E-state index is -0.208. The second kappa shape index (κ2) is 2.05. The molecule has 0 saturated heterocycles. The van der Waals surface area contributed by atoms with Crippen molar-refractivity contribution in [2.45, 2.75) is 0 Å². The molecule has 0 aliphatic heterocycles. The lowest BCUT2D eigenvalue weighted by atomic mass is 10.5. The molecule has 0 N–H and O–H groups in total. The van der Waals surface area contributed by atoms with Gasteiger partial charge >= 0.3 is 0 Å². The summed E-state index contributed by atoms with van der Waals surface area (Å²) in [6, 6.07) is 0. The van der Waals surface area contributed by atoms with Gasteiger partial charge in [-0.3, -0.25) is 4.79 Å². The highest BCUT2D eigenvalue weighted by Crippen LogP contribution is 2.02. The highest BCUT2D eigenvalue weighted by atomic mass is 32.1. The van der Waals surface area contributed by atoms with E-state index in [4.69, 9.17) is 0 Å². The van der Waals surface area contributed by atoms with Crippen molar-refractivity contribution in [3.8, 4) is 0 Å². The van der Waals surface area contributed by atoms with Gasteiger partial charge in [0, 0.05) is 18.5 Å². The van der Waals surface area contributed by atoms with Crippen molar-refractivity contribution in [3.63, 3.8) is 0 Å². The number of aromatic nitrogens is 1. The number of Topliss-reactive ketones (excluding diaryl/α,β-unsaturated/α-hetero) is 1. The fraction of sp³-hybridized carbons (Fsp3) is 0. The molecule has 0 saturated carbocycles. The molecule has 0 unspecified atom stereocenters. The number of carbonyl (C=O) groups excluding carboxylic acids is 1. The molecule has 0 aromatic carbocycles. The third-order valence-corrected chi connectivity index (χ3v) is 1.48. The van der Waals surface area contributed by atoms with Crippen LogP contribution in [-0.4, -0.2) is 10.8 Å². The molecule has 0 bridgehead atoms. The Morgan fingerprint density at radius 1 is 1.88 bits per heavy atom. The molecule has 1 aromatic rings. The van der Waals surface area contributed by atoms with Crippen molar-refractivity contribution >= 4 is 17.1 Å². The summed E-state index contributed by atoms with van der Waals surface area (Å²) in [5.41, 5.74) is 0. The Kier molecular flexibility index (Phi) is 1.39. The van der Waals surface area contributed by atoms with Crippen molar-refractivity contribution in [3.05, 3.63) is 23.5 Å². The van der Waals surface area contributed by atoms with Crippen LogP contribution in [0, 0.1) is 6.92 Å². The number of hydrogen-bond acceptors (Lipinski definition) is 3. The second-order valence-corrected chi connectivity index (χ2v) is 2.15. The Morgan fingerprint density at radius 3 is 2.88 bits per heavy atom. The highest BCUT2D eigenvalue weighted by molar-refractivity contribution is 7.11. The summed E-state index contributed by atoms with van der Waals surface area (Å²) in [5, 5.41) is 2.23. The van der Waals surface area contributed by atoms with Crippen molar-refractivity contribution in [1.82, 2.24) is 4.98 Å². The molecular formula is C5H4NOS. The van der Waals surface area contributed by atoms with E-state index >= 15 is 0 Å². The van der Waals surface area contributed by atoms with E-state index in [1.54, 1.807) is 11.6 Å². The minimum Gasteiger partial charge on any atom is -0.292 e. The van der Waals surface area contributed by atoms with Gasteiger partial charge in [-0.25, -0.2) is 4.98 Å². The van der Waals surface area contributed by atoms with E-state index in [9.17, 15) is 4.79 Å². The Bertz CT molecular complexity index is 180. The number of nitrogens with zero attached hydrogens (tertiary/aromatic N) is 1. The minimum absolute atomic E-state index is 0.208. The summed E-state index contributed by atoms with van der Waals surface area (Å²) in [5.74, 6) is -0.208. The van der Waals surface area contributed by atoms with Crippen LogP contribution in [0.5, 0.6) is 0 Å². The maximum absolute atomic E-state index is 10.3. The Morgan fingerprint density at radius 2 is 2.62 bits per heavy atom. The molecule has 0 spiro atoms. The van der Waals surface area contributed by atoms with Gasteiger partial charge in [0.25, 0.3) is 0 Å². The first-order valence-electron chi connectivity index (χ1n) is 2.06. The molecular weight excluding hydrogens is 122 g/mol. The van der Waals surface area contributed by atoms with Crippen molar-refractivity contribution in [1.29, 1.82) is 0 Å². The predicted octanol–water partition coefficient (Wildman–Crippen LogP) is 1.16. The maximum Gasteiger partial charge on any atom is 0.191 e. The maximum atomic E-state index is 10.3. The number of carbonyl (C=O) groups is 1. The van der Waals surface area contributed by atoms with Crippen LogP contribution in [-0.2, 0) is 0 Å². The molecule has 0 aliphatic carbocycles.